The Morgan fingerprint density at radius 1 is 0.550 bits per heavy atom. The van der Waals surface area contributed by atoms with Crippen LogP contribution in [0.1, 0.15) is 68.6 Å². The highest BCUT2D eigenvalue weighted by atomic mass is 15.1. The predicted octanol–water partition coefficient (Wildman–Crippen LogP) is 11.2. The van der Waals surface area contributed by atoms with Crippen molar-refractivity contribution in [3.05, 3.63) is 138 Å². The lowest BCUT2D eigenvalue weighted by Gasteiger charge is -2.30. The second-order valence-electron chi connectivity index (χ2n) is 12.0. The molecule has 1 fully saturated rings. The topological polar surface area (TPSA) is 3.24 Å². The molecule has 5 aromatic rings. The van der Waals surface area contributed by atoms with Crippen LogP contribution < -0.4 is 4.90 Å². The molecule has 0 atom stereocenters. The molecular weight excluding hydrogens is 482 g/mol. The van der Waals surface area contributed by atoms with Crippen molar-refractivity contribution >= 4 is 17.1 Å². The van der Waals surface area contributed by atoms with Crippen LogP contribution in [0.4, 0.5) is 17.1 Å². The van der Waals surface area contributed by atoms with Crippen molar-refractivity contribution in [3.8, 4) is 22.3 Å². The van der Waals surface area contributed by atoms with Crippen LogP contribution >= 0.6 is 0 Å². The van der Waals surface area contributed by atoms with Crippen molar-refractivity contribution in [2.75, 3.05) is 4.90 Å². The first-order valence-corrected chi connectivity index (χ1v) is 14.9. The van der Waals surface area contributed by atoms with Crippen molar-refractivity contribution in [2.24, 2.45) is 0 Å². The average Bonchev–Trinajstić information content (AvgIpc) is 3.25. The lowest BCUT2D eigenvalue weighted by molar-refractivity contribution is 0.443. The molecule has 0 radical (unpaired) electrons. The van der Waals surface area contributed by atoms with E-state index in [4.69, 9.17) is 0 Å². The zero-order valence-electron chi connectivity index (χ0n) is 23.6. The maximum atomic E-state index is 2.46. The summed E-state index contributed by atoms with van der Waals surface area (Å²) in [5.41, 5.74) is 13.1. The van der Waals surface area contributed by atoms with Gasteiger partial charge in [-0.25, -0.2) is 0 Å². The highest BCUT2D eigenvalue weighted by molar-refractivity contribution is 5.90. The van der Waals surface area contributed by atoms with Gasteiger partial charge in [0.1, 0.15) is 0 Å². The maximum Gasteiger partial charge on any atom is 0.0540 e. The van der Waals surface area contributed by atoms with Gasteiger partial charge < -0.3 is 4.90 Å². The lowest BCUT2D eigenvalue weighted by Crippen LogP contribution is -2.17. The molecule has 2 aliphatic rings. The Labute approximate surface area is 239 Å². The minimum absolute atomic E-state index is 0.0443. The van der Waals surface area contributed by atoms with Crippen molar-refractivity contribution in [3.63, 3.8) is 0 Å². The lowest BCUT2D eigenvalue weighted by atomic mass is 9.82. The second-order valence-corrected chi connectivity index (χ2v) is 12.0. The van der Waals surface area contributed by atoms with E-state index in [0.717, 1.165) is 0 Å². The normalized spacial score (nSPS) is 15.8. The largest absolute Gasteiger partial charge is 0.310 e. The molecular formula is C39H37N. The van der Waals surface area contributed by atoms with E-state index in [-0.39, 0.29) is 5.41 Å². The quantitative estimate of drug-likeness (QED) is 0.223. The number of hydrogen-bond acceptors (Lipinski definition) is 1. The highest BCUT2D eigenvalue weighted by Gasteiger charge is 2.35. The third-order valence-corrected chi connectivity index (χ3v) is 9.28. The Kier molecular flexibility index (Phi) is 6.31. The minimum Gasteiger partial charge on any atom is -0.310 e. The number of fused-ring (bicyclic) bond motifs is 3. The van der Waals surface area contributed by atoms with Gasteiger partial charge in [0.2, 0.25) is 0 Å². The van der Waals surface area contributed by atoms with E-state index < -0.39 is 0 Å². The first-order chi connectivity index (χ1) is 19.6. The van der Waals surface area contributed by atoms with Gasteiger partial charge in [-0.3, -0.25) is 0 Å². The maximum absolute atomic E-state index is 2.46. The second kappa shape index (κ2) is 10.1. The minimum atomic E-state index is -0.0443. The average molecular weight is 520 g/mol. The van der Waals surface area contributed by atoms with Crippen molar-refractivity contribution in [1.82, 2.24) is 0 Å². The van der Waals surface area contributed by atoms with Gasteiger partial charge in [-0.1, -0.05) is 124 Å². The fourth-order valence-electron chi connectivity index (χ4n) is 7.12. The van der Waals surface area contributed by atoms with Gasteiger partial charge >= 0.3 is 0 Å². The molecule has 0 amide bonds. The molecule has 0 bridgehead atoms. The number of hydrogen-bond donors (Lipinski definition) is 0. The number of benzene rings is 5. The molecule has 7 rings (SSSR count). The Morgan fingerprint density at radius 3 is 1.95 bits per heavy atom. The molecule has 0 unspecified atom stereocenters. The van der Waals surface area contributed by atoms with Gasteiger partial charge in [-0.05, 0) is 82.5 Å². The molecule has 0 N–H and O–H groups in total. The fraction of sp³-hybridized carbons (Fsp3) is 0.231. The van der Waals surface area contributed by atoms with E-state index in [1.807, 2.05) is 0 Å². The summed E-state index contributed by atoms with van der Waals surface area (Å²) in [4.78, 5) is 2.46. The Morgan fingerprint density at radius 2 is 1.18 bits per heavy atom. The molecule has 0 aliphatic heterocycles. The summed E-state index contributed by atoms with van der Waals surface area (Å²) in [6.07, 6.45) is 6.74. The number of rotatable bonds is 5. The summed E-state index contributed by atoms with van der Waals surface area (Å²) in [6.45, 7) is 4.73. The molecule has 40 heavy (non-hydrogen) atoms. The zero-order chi connectivity index (χ0) is 27.1. The van der Waals surface area contributed by atoms with Crippen LogP contribution in [0.25, 0.3) is 22.3 Å². The van der Waals surface area contributed by atoms with Crippen molar-refractivity contribution < 1.29 is 0 Å². The summed E-state index contributed by atoms with van der Waals surface area (Å²) in [7, 11) is 0. The smallest absolute Gasteiger partial charge is 0.0540 e. The van der Waals surface area contributed by atoms with Gasteiger partial charge in [-0.2, -0.15) is 0 Å². The van der Waals surface area contributed by atoms with E-state index in [1.165, 1.54) is 88.1 Å². The third-order valence-electron chi connectivity index (χ3n) is 9.28. The molecule has 0 heterocycles. The van der Waals surface area contributed by atoms with Gasteiger partial charge in [0.05, 0.1) is 5.69 Å². The van der Waals surface area contributed by atoms with Gasteiger partial charge in [0.15, 0.2) is 0 Å². The zero-order valence-corrected chi connectivity index (χ0v) is 23.6. The molecule has 5 aromatic carbocycles. The molecule has 0 spiro atoms. The number of anilines is 3. The monoisotopic (exact) mass is 519 g/mol. The van der Waals surface area contributed by atoms with Crippen LogP contribution in [0, 0.1) is 0 Å². The van der Waals surface area contributed by atoms with Gasteiger partial charge in [0.25, 0.3) is 0 Å². The van der Waals surface area contributed by atoms with E-state index in [0.29, 0.717) is 5.92 Å². The summed E-state index contributed by atoms with van der Waals surface area (Å²) in [6, 6.07) is 45.1. The van der Waals surface area contributed by atoms with Crippen molar-refractivity contribution in [1.29, 1.82) is 0 Å². The third kappa shape index (κ3) is 4.25. The molecule has 2 aliphatic carbocycles. The molecule has 1 nitrogen and oxygen atoms in total. The van der Waals surface area contributed by atoms with Crippen LogP contribution in [0.5, 0.6) is 0 Å². The van der Waals surface area contributed by atoms with Crippen LogP contribution in [-0.4, -0.2) is 0 Å². The Bertz CT molecular complexity index is 1640. The number of nitrogens with zero attached hydrogens (tertiary/aromatic N) is 1. The van der Waals surface area contributed by atoms with E-state index in [2.05, 4.69) is 140 Å². The van der Waals surface area contributed by atoms with Gasteiger partial charge in [-0.15, -0.1) is 0 Å². The highest BCUT2D eigenvalue weighted by Crippen LogP contribution is 2.51. The van der Waals surface area contributed by atoms with E-state index in [1.54, 1.807) is 0 Å². The molecule has 0 aromatic heterocycles. The molecule has 198 valence electrons. The van der Waals surface area contributed by atoms with Crippen LogP contribution in [-0.2, 0) is 5.41 Å². The fourth-order valence-corrected chi connectivity index (χ4v) is 7.12. The summed E-state index contributed by atoms with van der Waals surface area (Å²) >= 11 is 0. The number of para-hydroxylation sites is 1. The Hall–Kier alpha value is -4.10. The SMILES string of the molecule is CC1(C)c2ccccc2-c2ccc(N(c3ccc(C4CCCCC4)cc3)c3ccccc3-c3ccccc3)cc21. The summed E-state index contributed by atoms with van der Waals surface area (Å²) in [5, 5.41) is 0. The first-order valence-electron chi connectivity index (χ1n) is 14.9. The molecule has 1 heteroatoms. The molecule has 1 saturated carbocycles. The Balaban J connectivity index is 1.38. The summed E-state index contributed by atoms with van der Waals surface area (Å²) in [5.74, 6) is 0.701. The van der Waals surface area contributed by atoms with Crippen LogP contribution in [0.15, 0.2) is 121 Å². The van der Waals surface area contributed by atoms with E-state index >= 15 is 0 Å². The summed E-state index contributed by atoms with van der Waals surface area (Å²) < 4.78 is 0. The van der Waals surface area contributed by atoms with Crippen molar-refractivity contribution in [2.45, 2.75) is 57.3 Å². The first kappa shape index (κ1) is 24.9. The van der Waals surface area contributed by atoms with Gasteiger partial charge in [0, 0.05) is 22.4 Å². The van der Waals surface area contributed by atoms with E-state index in [9.17, 15) is 0 Å². The van der Waals surface area contributed by atoms with Crippen LogP contribution in [0.3, 0.4) is 0 Å². The standard InChI is InChI=1S/C39H37N/c1-39(2)36-19-11-9-18-34(36)35-26-25-32(27-37(35)39)40(31-23-21-29(22-24-31)28-13-5-3-6-14-28)38-20-12-10-17-33(38)30-15-7-4-8-16-30/h4,7-12,15-28H,3,5-6,13-14H2,1-2H3. The van der Waals surface area contributed by atoms with Crippen LogP contribution in [0.2, 0.25) is 0 Å². The molecule has 0 saturated heterocycles. The predicted molar refractivity (Wildman–Crippen MR) is 170 cm³/mol.